The lowest BCUT2D eigenvalue weighted by molar-refractivity contribution is -0.287. The quantitative estimate of drug-likeness (QED) is 0.325. The number of ether oxygens (including phenoxy) is 4. The SMILES string of the molecule is CC(=O)O[C@H]1[C@@H](OC(C)=O)[C@@H](O)O[C@H](CS(=O)(=O)O)[C@@H]1OC(C)=O. The third-order valence-electron chi connectivity index (χ3n) is 2.89. The summed E-state index contributed by atoms with van der Waals surface area (Å²) >= 11 is 0. The summed E-state index contributed by atoms with van der Waals surface area (Å²) in [6, 6.07) is 0. The van der Waals surface area contributed by atoms with Crippen LogP contribution >= 0.6 is 0 Å². The Kier molecular flexibility index (Phi) is 6.66. The van der Waals surface area contributed by atoms with Crippen LogP contribution in [0.4, 0.5) is 0 Å². The van der Waals surface area contributed by atoms with Crippen molar-refractivity contribution in [3.8, 4) is 0 Å². The molecule has 0 aromatic heterocycles. The average molecular weight is 370 g/mol. The molecule has 0 amide bonds. The smallest absolute Gasteiger partial charge is 0.303 e. The maximum atomic E-state index is 11.3. The summed E-state index contributed by atoms with van der Waals surface area (Å²) in [5, 5.41) is 9.91. The number of carbonyl (C=O) groups excluding carboxylic acids is 3. The summed E-state index contributed by atoms with van der Waals surface area (Å²) in [6.07, 6.45) is -8.08. The van der Waals surface area contributed by atoms with Gasteiger partial charge in [0.25, 0.3) is 10.1 Å². The van der Waals surface area contributed by atoms with Crippen LogP contribution in [0.1, 0.15) is 20.8 Å². The van der Waals surface area contributed by atoms with Crippen molar-refractivity contribution >= 4 is 28.0 Å². The Morgan fingerprint density at radius 3 is 1.75 bits per heavy atom. The third-order valence-corrected chi connectivity index (χ3v) is 3.64. The lowest BCUT2D eigenvalue weighted by atomic mass is 9.99. The highest BCUT2D eigenvalue weighted by molar-refractivity contribution is 7.85. The molecule has 1 aliphatic heterocycles. The minimum Gasteiger partial charge on any atom is -0.456 e. The van der Waals surface area contributed by atoms with Crippen LogP contribution in [-0.2, 0) is 43.4 Å². The highest BCUT2D eigenvalue weighted by Crippen LogP contribution is 2.28. The molecule has 1 saturated heterocycles. The molecule has 1 aliphatic rings. The molecule has 138 valence electrons. The molecule has 0 aliphatic carbocycles. The fourth-order valence-electron chi connectivity index (χ4n) is 2.21. The molecule has 0 saturated carbocycles. The van der Waals surface area contributed by atoms with Crippen LogP contribution in [-0.4, -0.2) is 72.4 Å². The highest BCUT2D eigenvalue weighted by atomic mass is 32.2. The van der Waals surface area contributed by atoms with Gasteiger partial charge in [-0.05, 0) is 0 Å². The van der Waals surface area contributed by atoms with Gasteiger partial charge in [-0.25, -0.2) is 0 Å². The number of hydrogen-bond acceptors (Lipinski definition) is 10. The summed E-state index contributed by atoms with van der Waals surface area (Å²) in [4.78, 5) is 33.7. The normalized spacial score (nSPS) is 30.3. The van der Waals surface area contributed by atoms with Crippen molar-refractivity contribution in [2.75, 3.05) is 5.75 Å². The second-order valence-corrected chi connectivity index (χ2v) is 6.53. The summed E-state index contributed by atoms with van der Waals surface area (Å²) in [5.74, 6) is -3.64. The van der Waals surface area contributed by atoms with Crippen molar-refractivity contribution in [1.29, 1.82) is 0 Å². The molecule has 1 rings (SSSR count). The van der Waals surface area contributed by atoms with Gasteiger partial charge in [-0.3, -0.25) is 18.9 Å². The first-order valence-corrected chi connectivity index (χ1v) is 8.32. The Morgan fingerprint density at radius 2 is 1.33 bits per heavy atom. The van der Waals surface area contributed by atoms with Crippen LogP contribution in [0, 0.1) is 0 Å². The highest BCUT2D eigenvalue weighted by Gasteiger charge is 2.52. The van der Waals surface area contributed by atoms with E-state index in [1.165, 1.54) is 0 Å². The van der Waals surface area contributed by atoms with E-state index in [0.717, 1.165) is 20.8 Å². The molecule has 0 radical (unpaired) electrons. The summed E-state index contributed by atoms with van der Waals surface area (Å²) in [5.41, 5.74) is 0. The number of aliphatic hydroxyl groups excluding tert-OH is 1. The number of esters is 3. The second kappa shape index (κ2) is 7.88. The zero-order valence-corrected chi connectivity index (χ0v) is 13.9. The monoisotopic (exact) mass is 370 g/mol. The van der Waals surface area contributed by atoms with Crippen LogP contribution in [0.2, 0.25) is 0 Å². The minimum absolute atomic E-state index is 0.852. The van der Waals surface area contributed by atoms with Crippen LogP contribution in [0.15, 0.2) is 0 Å². The molecule has 12 heteroatoms. The number of rotatable bonds is 5. The van der Waals surface area contributed by atoms with Gasteiger partial charge in [0, 0.05) is 20.8 Å². The first-order chi connectivity index (χ1) is 10.9. The van der Waals surface area contributed by atoms with Crippen molar-refractivity contribution in [3.63, 3.8) is 0 Å². The lowest BCUT2D eigenvalue weighted by Gasteiger charge is -2.42. The summed E-state index contributed by atoms with van der Waals surface area (Å²) in [7, 11) is -4.58. The fourth-order valence-corrected chi connectivity index (χ4v) is 2.90. The molecule has 0 bridgehead atoms. The zero-order chi connectivity index (χ0) is 18.7. The molecule has 0 aromatic rings. The molecular weight excluding hydrogens is 352 g/mol. The molecule has 0 aromatic carbocycles. The Hall–Kier alpha value is -1.76. The Balaban J connectivity index is 3.23. The third kappa shape index (κ3) is 6.03. The maximum absolute atomic E-state index is 11.3. The Morgan fingerprint density at radius 1 is 0.917 bits per heavy atom. The van der Waals surface area contributed by atoms with E-state index >= 15 is 0 Å². The van der Waals surface area contributed by atoms with E-state index in [2.05, 4.69) is 0 Å². The zero-order valence-electron chi connectivity index (χ0n) is 13.1. The molecule has 5 atom stereocenters. The number of aliphatic hydroxyl groups is 1. The van der Waals surface area contributed by atoms with E-state index in [4.69, 9.17) is 23.5 Å². The van der Waals surface area contributed by atoms with E-state index in [0.29, 0.717) is 0 Å². The summed E-state index contributed by atoms with van der Waals surface area (Å²) in [6.45, 7) is 3.03. The summed E-state index contributed by atoms with van der Waals surface area (Å²) < 4.78 is 50.7. The first kappa shape index (κ1) is 20.3. The number of carbonyl (C=O) groups is 3. The van der Waals surface area contributed by atoms with Gasteiger partial charge in [-0.2, -0.15) is 8.42 Å². The fraction of sp³-hybridized carbons (Fsp3) is 0.750. The van der Waals surface area contributed by atoms with Crippen LogP contribution < -0.4 is 0 Å². The Bertz CT molecular complexity index is 598. The lowest BCUT2D eigenvalue weighted by Crippen LogP contribution is -2.62. The van der Waals surface area contributed by atoms with Gasteiger partial charge < -0.3 is 24.1 Å². The molecule has 2 N–H and O–H groups in total. The Labute approximate surface area is 137 Å². The second-order valence-electron chi connectivity index (χ2n) is 5.04. The topological polar surface area (TPSA) is 163 Å². The molecule has 11 nitrogen and oxygen atoms in total. The van der Waals surface area contributed by atoms with Gasteiger partial charge >= 0.3 is 17.9 Å². The molecule has 0 unspecified atom stereocenters. The largest absolute Gasteiger partial charge is 0.456 e. The van der Waals surface area contributed by atoms with E-state index < -0.39 is 64.5 Å². The number of hydrogen-bond donors (Lipinski definition) is 2. The van der Waals surface area contributed by atoms with Crippen molar-refractivity contribution in [2.45, 2.75) is 51.5 Å². The van der Waals surface area contributed by atoms with Gasteiger partial charge in [-0.15, -0.1) is 0 Å². The van der Waals surface area contributed by atoms with E-state index in [1.807, 2.05) is 0 Å². The maximum Gasteiger partial charge on any atom is 0.303 e. The minimum atomic E-state index is -4.58. The predicted molar refractivity (Wildman–Crippen MR) is 74.0 cm³/mol. The predicted octanol–water partition coefficient (Wildman–Crippen LogP) is -1.61. The molecular formula is C12H18O11S. The van der Waals surface area contributed by atoms with Crippen molar-refractivity contribution in [1.82, 2.24) is 0 Å². The van der Waals surface area contributed by atoms with Crippen LogP contribution in [0.5, 0.6) is 0 Å². The van der Waals surface area contributed by atoms with Gasteiger partial charge in [0.2, 0.25) is 0 Å². The van der Waals surface area contributed by atoms with Gasteiger partial charge in [-0.1, -0.05) is 0 Å². The van der Waals surface area contributed by atoms with Crippen molar-refractivity contribution in [2.24, 2.45) is 0 Å². The molecule has 0 spiro atoms. The van der Waals surface area contributed by atoms with Gasteiger partial charge in [0.15, 0.2) is 24.6 Å². The van der Waals surface area contributed by atoms with Gasteiger partial charge in [0.05, 0.1) is 0 Å². The van der Waals surface area contributed by atoms with Crippen molar-refractivity contribution < 1.29 is 51.4 Å². The van der Waals surface area contributed by atoms with Gasteiger partial charge in [0.1, 0.15) is 11.9 Å². The molecule has 1 fully saturated rings. The van der Waals surface area contributed by atoms with Crippen LogP contribution in [0.25, 0.3) is 0 Å². The van der Waals surface area contributed by atoms with E-state index in [9.17, 15) is 27.9 Å². The van der Waals surface area contributed by atoms with E-state index in [1.54, 1.807) is 0 Å². The van der Waals surface area contributed by atoms with Crippen molar-refractivity contribution in [3.05, 3.63) is 0 Å². The standard InChI is InChI=1S/C12H18O11S/c1-5(13)20-9-8(4-24(17,18)19)23-12(16)11(22-7(3)15)10(9)21-6(2)14/h8-12,16H,4H2,1-3H3,(H,17,18,19)/t8-,9+,10-,11-,12+/m1/s1. The van der Waals surface area contributed by atoms with Crippen LogP contribution in [0.3, 0.4) is 0 Å². The molecule has 24 heavy (non-hydrogen) atoms. The average Bonchev–Trinajstić information content (AvgIpc) is 2.35. The molecule has 1 heterocycles. The first-order valence-electron chi connectivity index (χ1n) is 6.71. The van der Waals surface area contributed by atoms with E-state index in [-0.39, 0.29) is 0 Å².